The lowest BCUT2D eigenvalue weighted by atomic mass is 9.73. The van der Waals surface area contributed by atoms with Gasteiger partial charge in [-0.2, -0.15) is 0 Å². The monoisotopic (exact) mass is 266 g/mol. The average Bonchev–Trinajstić information content (AvgIpc) is 2.71. The van der Waals surface area contributed by atoms with Crippen molar-refractivity contribution in [2.24, 2.45) is 11.8 Å². The fourth-order valence-corrected chi connectivity index (χ4v) is 4.02. The van der Waals surface area contributed by atoms with E-state index in [4.69, 9.17) is 9.47 Å². The Morgan fingerprint density at radius 1 is 0.895 bits per heavy atom. The highest BCUT2D eigenvalue weighted by atomic mass is 16.6. The molecule has 3 aliphatic rings. The number of fused-ring (bicyclic) bond motifs is 1. The number of hydrogen-bond donors (Lipinski definition) is 0. The van der Waals surface area contributed by atoms with Crippen LogP contribution in [0, 0.1) is 11.8 Å². The van der Waals surface area contributed by atoms with Crippen molar-refractivity contribution in [3.63, 3.8) is 0 Å². The molecular weight excluding hydrogens is 244 g/mol. The van der Waals surface area contributed by atoms with Crippen molar-refractivity contribution in [3.8, 4) is 0 Å². The normalized spacial score (nSPS) is 37.4. The topological polar surface area (TPSA) is 52.6 Å². The first-order chi connectivity index (χ1) is 9.25. The highest BCUT2D eigenvalue weighted by molar-refractivity contribution is 6.01. The Balaban J connectivity index is 1.94. The number of carbonyl (C=O) groups excluding carboxylic acids is 2. The zero-order chi connectivity index (χ0) is 13.3. The van der Waals surface area contributed by atoms with Gasteiger partial charge < -0.3 is 9.47 Å². The Kier molecular flexibility index (Phi) is 3.61. The Hall–Kier alpha value is -0.900. The molecule has 1 aliphatic carbocycles. The van der Waals surface area contributed by atoms with Crippen LogP contribution >= 0.6 is 0 Å². The second-order valence-corrected chi connectivity index (χ2v) is 6.09. The van der Waals surface area contributed by atoms with Gasteiger partial charge in [0.15, 0.2) is 5.60 Å². The van der Waals surface area contributed by atoms with Crippen molar-refractivity contribution in [1.82, 2.24) is 0 Å². The summed E-state index contributed by atoms with van der Waals surface area (Å²) in [7, 11) is 0. The molecule has 0 radical (unpaired) electrons. The van der Waals surface area contributed by atoms with Gasteiger partial charge in [0.25, 0.3) is 0 Å². The van der Waals surface area contributed by atoms with Gasteiger partial charge in [-0.3, -0.25) is 4.79 Å². The van der Waals surface area contributed by atoms with Gasteiger partial charge in [0.1, 0.15) is 0 Å². The van der Waals surface area contributed by atoms with E-state index in [1.165, 1.54) is 12.8 Å². The Morgan fingerprint density at radius 2 is 1.58 bits per heavy atom. The summed E-state index contributed by atoms with van der Waals surface area (Å²) < 4.78 is 11.0. The largest absolute Gasteiger partial charge is 0.391 e. The molecule has 4 nitrogen and oxygen atoms in total. The summed E-state index contributed by atoms with van der Waals surface area (Å²) >= 11 is 0. The van der Waals surface area contributed by atoms with E-state index in [0.717, 1.165) is 44.9 Å². The van der Waals surface area contributed by atoms with Gasteiger partial charge in [0.05, 0.1) is 5.92 Å². The standard InChI is InChI=1S/C15H22O4/c16-13-12-9-5-6-10-18-15(12,14(17)19-13)11-7-3-1-2-4-8-11/h11-12H,1-10H2. The van der Waals surface area contributed by atoms with Crippen molar-refractivity contribution < 1.29 is 19.1 Å². The number of ether oxygens (including phenoxy) is 2. The van der Waals surface area contributed by atoms with Crippen LogP contribution < -0.4 is 0 Å². The van der Waals surface area contributed by atoms with Crippen molar-refractivity contribution in [1.29, 1.82) is 0 Å². The van der Waals surface area contributed by atoms with Crippen LogP contribution in [-0.2, 0) is 19.1 Å². The van der Waals surface area contributed by atoms with E-state index in [1.807, 2.05) is 0 Å². The number of esters is 2. The van der Waals surface area contributed by atoms with Gasteiger partial charge in [-0.25, -0.2) is 4.79 Å². The summed E-state index contributed by atoms with van der Waals surface area (Å²) in [6.07, 6.45) is 9.29. The molecular formula is C15H22O4. The molecule has 1 saturated carbocycles. The lowest BCUT2D eigenvalue weighted by Gasteiger charge is -2.35. The summed E-state index contributed by atoms with van der Waals surface area (Å²) in [5, 5.41) is 0. The smallest absolute Gasteiger partial charge is 0.347 e. The molecule has 0 aromatic heterocycles. The summed E-state index contributed by atoms with van der Waals surface area (Å²) in [4.78, 5) is 24.3. The van der Waals surface area contributed by atoms with Gasteiger partial charge in [0.2, 0.25) is 0 Å². The second-order valence-electron chi connectivity index (χ2n) is 6.09. The second kappa shape index (κ2) is 5.23. The van der Waals surface area contributed by atoms with E-state index in [2.05, 4.69) is 0 Å². The molecule has 0 bridgehead atoms. The summed E-state index contributed by atoms with van der Waals surface area (Å²) in [5.41, 5.74) is -0.947. The van der Waals surface area contributed by atoms with E-state index in [0.29, 0.717) is 6.61 Å². The van der Waals surface area contributed by atoms with Crippen molar-refractivity contribution in [3.05, 3.63) is 0 Å². The van der Waals surface area contributed by atoms with Gasteiger partial charge >= 0.3 is 11.9 Å². The predicted octanol–water partition coefficient (Wildman–Crippen LogP) is 2.60. The van der Waals surface area contributed by atoms with Crippen LogP contribution in [0.15, 0.2) is 0 Å². The Morgan fingerprint density at radius 3 is 2.32 bits per heavy atom. The molecule has 2 unspecified atom stereocenters. The minimum atomic E-state index is -0.947. The molecule has 2 heterocycles. The quantitative estimate of drug-likeness (QED) is 0.416. The van der Waals surface area contributed by atoms with Crippen LogP contribution in [-0.4, -0.2) is 24.1 Å². The molecule has 0 N–H and O–H groups in total. The molecule has 106 valence electrons. The van der Waals surface area contributed by atoms with Gasteiger partial charge in [0, 0.05) is 6.61 Å². The van der Waals surface area contributed by atoms with Crippen LogP contribution in [0.25, 0.3) is 0 Å². The van der Waals surface area contributed by atoms with Crippen molar-refractivity contribution in [2.75, 3.05) is 6.61 Å². The number of rotatable bonds is 1. The number of carbonyl (C=O) groups is 2. The maximum absolute atomic E-state index is 12.3. The first-order valence-electron chi connectivity index (χ1n) is 7.65. The van der Waals surface area contributed by atoms with Gasteiger partial charge in [-0.05, 0) is 31.6 Å². The number of hydrogen-bond acceptors (Lipinski definition) is 4. The highest BCUT2D eigenvalue weighted by Gasteiger charge is 2.62. The third-order valence-electron chi connectivity index (χ3n) is 5.00. The Bertz CT molecular complexity index is 370. The molecule has 0 aromatic rings. The van der Waals surface area contributed by atoms with Crippen LogP contribution in [0.4, 0.5) is 0 Å². The highest BCUT2D eigenvalue weighted by Crippen LogP contribution is 2.47. The molecule has 2 saturated heterocycles. The van der Waals surface area contributed by atoms with Gasteiger partial charge in [-0.15, -0.1) is 0 Å². The summed E-state index contributed by atoms with van der Waals surface area (Å²) in [5.74, 6) is -0.949. The van der Waals surface area contributed by atoms with E-state index in [1.54, 1.807) is 0 Å². The van der Waals surface area contributed by atoms with Crippen molar-refractivity contribution >= 4 is 11.9 Å². The van der Waals surface area contributed by atoms with Gasteiger partial charge in [-0.1, -0.05) is 32.1 Å². The van der Waals surface area contributed by atoms with Crippen molar-refractivity contribution in [2.45, 2.75) is 63.4 Å². The maximum atomic E-state index is 12.3. The summed E-state index contributed by atoms with van der Waals surface area (Å²) in [6.45, 7) is 0.579. The molecule has 2 atom stereocenters. The van der Waals surface area contributed by atoms with E-state index >= 15 is 0 Å². The fourth-order valence-electron chi connectivity index (χ4n) is 4.02. The molecule has 3 fully saturated rings. The average molecular weight is 266 g/mol. The zero-order valence-electron chi connectivity index (χ0n) is 11.4. The predicted molar refractivity (Wildman–Crippen MR) is 68.3 cm³/mol. The van der Waals surface area contributed by atoms with E-state index < -0.39 is 11.6 Å². The minimum absolute atomic E-state index is 0.164. The Labute approximate surface area is 113 Å². The number of cyclic esters (lactones) is 2. The lowest BCUT2D eigenvalue weighted by molar-refractivity contribution is -0.170. The minimum Gasteiger partial charge on any atom is -0.391 e. The molecule has 19 heavy (non-hydrogen) atoms. The van der Waals surface area contributed by atoms with Crippen LogP contribution in [0.5, 0.6) is 0 Å². The maximum Gasteiger partial charge on any atom is 0.347 e. The lowest BCUT2D eigenvalue weighted by Crippen LogP contribution is -2.50. The van der Waals surface area contributed by atoms with E-state index in [-0.39, 0.29) is 17.8 Å². The van der Waals surface area contributed by atoms with Crippen LogP contribution in [0.2, 0.25) is 0 Å². The first kappa shape index (κ1) is 13.1. The fraction of sp³-hybridized carbons (Fsp3) is 0.867. The molecule has 4 heteroatoms. The summed E-state index contributed by atoms with van der Waals surface area (Å²) in [6, 6.07) is 0. The SMILES string of the molecule is O=C1OC(=O)C2(C3CCCCCC3)OCCCCC12. The molecule has 0 aromatic carbocycles. The molecule has 2 aliphatic heterocycles. The third-order valence-corrected chi connectivity index (χ3v) is 5.00. The first-order valence-corrected chi connectivity index (χ1v) is 7.65. The van der Waals surface area contributed by atoms with Crippen LogP contribution in [0.3, 0.4) is 0 Å². The molecule has 0 spiro atoms. The van der Waals surface area contributed by atoms with E-state index in [9.17, 15) is 9.59 Å². The zero-order valence-corrected chi connectivity index (χ0v) is 11.4. The third kappa shape index (κ3) is 2.10. The molecule has 3 rings (SSSR count). The molecule has 0 amide bonds. The van der Waals surface area contributed by atoms with Crippen LogP contribution in [0.1, 0.15) is 57.8 Å².